The van der Waals surface area contributed by atoms with Crippen LogP contribution in [0.3, 0.4) is 0 Å². The first-order valence-electron chi connectivity index (χ1n) is 7.83. The highest BCUT2D eigenvalue weighted by atomic mass is 16.2. The number of fused-ring (bicyclic) bond motifs is 4. The predicted molar refractivity (Wildman–Crippen MR) is 84.3 cm³/mol. The Kier molecular flexibility index (Phi) is 3.09. The van der Waals surface area contributed by atoms with E-state index in [4.69, 9.17) is 0 Å². The number of benzene rings is 1. The molecule has 0 aromatic heterocycles. The third-order valence-corrected chi connectivity index (χ3v) is 5.17. The minimum absolute atomic E-state index is 0.197. The molecule has 0 saturated carbocycles. The Balaban J connectivity index is 1.84. The van der Waals surface area contributed by atoms with E-state index in [1.807, 2.05) is 6.07 Å². The number of hydrogen-bond acceptors (Lipinski definition) is 5. The summed E-state index contributed by atoms with van der Waals surface area (Å²) >= 11 is 0. The van der Waals surface area contributed by atoms with Crippen LogP contribution in [0.1, 0.15) is 18.4 Å². The third kappa shape index (κ3) is 1.85. The predicted octanol–water partition coefficient (Wildman–Crippen LogP) is 0.132. The highest BCUT2D eigenvalue weighted by Gasteiger charge is 2.60. The van der Waals surface area contributed by atoms with E-state index >= 15 is 0 Å². The molecule has 1 aromatic carbocycles. The number of nitrogens with zero attached hydrogens (tertiary/aromatic N) is 1. The van der Waals surface area contributed by atoms with Crippen molar-refractivity contribution in [2.75, 3.05) is 16.8 Å². The van der Waals surface area contributed by atoms with Crippen LogP contribution in [-0.4, -0.2) is 36.8 Å². The molecule has 24 heavy (non-hydrogen) atoms. The van der Waals surface area contributed by atoms with Crippen molar-refractivity contribution >= 4 is 35.6 Å². The van der Waals surface area contributed by atoms with Crippen molar-refractivity contribution in [1.29, 1.82) is 0 Å². The van der Waals surface area contributed by atoms with Crippen molar-refractivity contribution < 1.29 is 19.2 Å². The minimum atomic E-state index is -1.32. The van der Waals surface area contributed by atoms with Gasteiger partial charge in [-0.25, -0.2) is 4.79 Å². The Morgan fingerprint density at radius 2 is 1.96 bits per heavy atom. The molecule has 1 aromatic rings. The zero-order chi connectivity index (χ0) is 16.9. The molecule has 3 N–H and O–H groups in total. The molecule has 4 rings (SSSR count). The maximum atomic E-state index is 12.7. The highest BCUT2D eigenvalue weighted by molar-refractivity contribution is 6.20. The number of carbonyl (C=O) groups excluding carboxylic acids is 4. The molecule has 8 nitrogen and oxygen atoms in total. The fourth-order valence-corrected chi connectivity index (χ4v) is 4.18. The monoisotopic (exact) mass is 328 g/mol. The van der Waals surface area contributed by atoms with Crippen molar-refractivity contribution in [3.8, 4) is 0 Å². The second-order valence-electron chi connectivity index (χ2n) is 6.34. The van der Waals surface area contributed by atoms with Gasteiger partial charge in [0.05, 0.1) is 6.04 Å². The third-order valence-electron chi connectivity index (χ3n) is 5.17. The molecule has 8 heteroatoms. The zero-order valence-electron chi connectivity index (χ0n) is 12.8. The van der Waals surface area contributed by atoms with Gasteiger partial charge >= 0.3 is 6.03 Å². The van der Waals surface area contributed by atoms with Gasteiger partial charge in [0.25, 0.3) is 0 Å². The normalized spacial score (nSPS) is 24.1. The van der Waals surface area contributed by atoms with Gasteiger partial charge in [-0.2, -0.15) is 0 Å². The Bertz CT molecular complexity index is 755. The number of hydrogen-bond donors (Lipinski definition) is 3. The number of urea groups is 1. The molecule has 3 aliphatic rings. The standard InChI is InChI=1S/C16H16N4O4/c21-8-17-10-3-4-11-9(6-10)7-16(12-2-1-5-20(11)12)13(22)18-15(24)19-14(16)23/h3-4,6,8,12H,1-2,5,7H2,(H,17,21)(H2,18,19,22,23,24)/t12-/m0/s1. The highest BCUT2D eigenvalue weighted by Crippen LogP contribution is 2.47. The van der Waals surface area contributed by atoms with E-state index in [0.717, 1.165) is 24.2 Å². The van der Waals surface area contributed by atoms with Gasteiger partial charge in [-0.3, -0.25) is 25.0 Å². The Hall–Kier alpha value is -2.90. The lowest BCUT2D eigenvalue weighted by Crippen LogP contribution is -2.70. The van der Waals surface area contributed by atoms with Gasteiger partial charge in [-0.1, -0.05) is 0 Å². The lowest BCUT2D eigenvalue weighted by Gasteiger charge is -2.47. The molecule has 0 radical (unpaired) electrons. The van der Waals surface area contributed by atoms with Crippen LogP contribution in [-0.2, 0) is 20.8 Å². The number of nitrogens with one attached hydrogen (secondary N) is 3. The number of imide groups is 2. The number of anilines is 2. The first kappa shape index (κ1) is 14.7. The van der Waals surface area contributed by atoms with Crippen LogP contribution in [0, 0.1) is 5.41 Å². The number of amides is 5. The fraction of sp³-hybridized carbons (Fsp3) is 0.375. The molecule has 3 heterocycles. The molecule has 1 atom stereocenters. The summed E-state index contributed by atoms with van der Waals surface area (Å²) in [5.41, 5.74) is 1.05. The topological polar surface area (TPSA) is 108 Å². The first-order valence-corrected chi connectivity index (χ1v) is 7.83. The van der Waals surface area contributed by atoms with Gasteiger partial charge < -0.3 is 10.2 Å². The number of carbonyl (C=O) groups is 4. The van der Waals surface area contributed by atoms with Crippen molar-refractivity contribution in [2.24, 2.45) is 5.41 Å². The molecular formula is C16H16N4O4. The van der Waals surface area contributed by atoms with Crippen LogP contribution in [0.2, 0.25) is 0 Å². The van der Waals surface area contributed by atoms with Gasteiger partial charge in [-0.15, -0.1) is 0 Å². The van der Waals surface area contributed by atoms with Crippen molar-refractivity contribution in [3.63, 3.8) is 0 Å². The van der Waals surface area contributed by atoms with Crippen molar-refractivity contribution in [3.05, 3.63) is 23.8 Å². The van der Waals surface area contributed by atoms with Crippen LogP contribution >= 0.6 is 0 Å². The van der Waals surface area contributed by atoms with Crippen LogP contribution in [0.25, 0.3) is 0 Å². The van der Waals surface area contributed by atoms with Crippen LogP contribution < -0.4 is 20.9 Å². The lowest BCUT2D eigenvalue weighted by atomic mass is 9.69. The maximum absolute atomic E-state index is 12.7. The Morgan fingerprint density at radius 3 is 2.67 bits per heavy atom. The largest absolute Gasteiger partial charge is 0.367 e. The molecule has 124 valence electrons. The lowest BCUT2D eigenvalue weighted by molar-refractivity contribution is -0.146. The number of rotatable bonds is 2. The summed E-state index contributed by atoms with van der Waals surface area (Å²) in [6, 6.07) is 4.42. The Morgan fingerprint density at radius 1 is 1.21 bits per heavy atom. The van der Waals surface area contributed by atoms with Crippen LogP contribution in [0.5, 0.6) is 0 Å². The minimum Gasteiger partial charge on any atom is -0.367 e. The summed E-state index contributed by atoms with van der Waals surface area (Å²) in [5.74, 6) is -1.10. The van der Waals surface area contributed by atoms with E-state index in [1.54, 1.807) is 12.1 Å². The average Bonchev–Trinajstić information content (AvgIpc) is 3.02. The molecule has 0 aliphatic carbocycles. The molecule has 3 aliphatic heterocycles. The van der Waals surface area contributed by atoms with Gasteiger partial charge in [-0.05, 0) is 43.0 Å². The van der Waals surface area contributed by atoms with Gasteiger partial charge in [0.15, 0.2) is 5.41 Å². The van der Waals surface area contributed by atoms with E-state index < -0.39 is 23.3 Å². The summed E-state index contributed by atoms with van der Waals surface area (Å²) in [5, 5.41) is 7.07. The fourth-order valence-electron chi connectivity index (χ4n) is 4.18. The molecule has 5 amide bonds. The number of barbiturate groups is 1. The van der Waals surface area contributed by atoms with Gasteiger partial charge in [0.2, 0.25) is 18.2 Å². The summed E-state index contributed by atoms with van der Waals surface area (Å²) in [6.45, 7) is 0.744. The molecule has 2 saturated heterocycles. The summed E-state index contributed by atoms with van der Waals surface area (Å²) in [6.07, 6.45) is 2.36. The second kappa shape index (κ2) is 5.05. The maximum Gasteiger partial charge on any atom is 0.328 e. The van der Waals surface area contributed by atoms with E-state index in [0.29, 0.717) is 18.5 Å². The summed E-state index contributed by atoms with van der Waals surface area (Å²) in [7, 11) is 0. The Labute approximate surface area is 137 Å². The quantitative estimate of drug-likeness (QED) is 0.528. The average molecular weight is 328 g/mol. The second-order valence-corrected chi connectivity index (χ2v) is 6.34. The van der Waals surface area contributed by atoms with Gasteiger partial charge in [0, 0.05) is 17.9 Å². The van der Waals surface area contributed by atoms with Crippen molar-refractivity contribution in [1.82, 2.24) is 10.6 Å². The van der Waals surface area contributed by atoms with E-state index in [9.17, 15) is 19.2 Å². The van der Waals surface area contributed by atoms with E-state index in [1.165, 1.54) is 0 Å². The van der Waals surface area contributed by atoms with E-state index in [2.05, 4.69) is 20.9 Å². The zero-order valence-corrected chi connectivity index (χ0v) is 12.8. The molecular weight excluding hydrogens is 312 g/mol. The SMILES string of the molecule is O=CNc1ccc2c(c1)CC1(C(=O)NC(=O)NC1=O)[C@@H]1CCCN21. The molecule has 1 spiro atoms. The summed E-state index contributed by atoms with van der Waals surface area (Å²) in [4.78, 5) is 49.5. The molecule has 0 unspecified atom stereocenters. The first-order chi connectivity index (χ1) is 11.6. The summed E-state index contributed by atoms with van der Waals surface area (Å²) < 4.78 is 0. The molecule has 2 fully saturated rings. The molecule has 0 bridgehead atoms. The van der Waals surface area contributed by atoms with Crippen LogP contribution in [0.15, 0.2) is 18.2 Å². The van der Waals surface area contributed by atoms with Crippen molar-refractivity contribution in [2.45, 2.75) is 25.3 Å². The van der Waals surface area contributed by atoms with Crippen LogP contribution in [0.4, 0.5) is 16.2 Å². The van der Waals surface area contributed by atoms with E-state index in [-0.39, 0.29) is 12.5 Å². The smallest absolute Gasteiger partial charge is 0.328 e. The van der Waals surface area contributed by atoms with Gasteiger partial charge in [0.1, 0.15) is 0 Å².